The van der Waals surface area contributed by atoms with E-state index in [4.69, 9.17) is 17.2 Å². The van der Waals surface area contributed by atoms with Crippen LogP contribution < -0.4 is 33.2 Å². The molecule has 0 aliphatic rings. The molecule has 4 atom stereocenters. The van der Waals surface area contributed by atoms with Gasteiger partial charge in [-0.3, -0.25) is 19.4 Å². The summed E-state index contributed by atoms with van der Waals surface area (Å²) in [5.74, 6) is -3.88. The summed E-state index contributed by atoms with van der Waals surface area (Å²) >= 11 is 0. The van der Waals surface area contributed by atoms with Crippen LogP contribution in [-0.2, 0) is 25.6 Å². The minimum absolute atomic E-state index is 0.0860. The van der Waals surface area contributed by atoms with Gasteiger partial charge in [-0.2, -0.15) is 0 Å². The highest BCUT2D eigenvalue weighted by Gasteiger charge is 2.31. The molecule has 4 unspecified atom stereocenters. The van der Waals surface area contributed by atoms with Crippen molar-refractivity contribution >= 4 is 29.7 Å². The SMILES string of the molecule is CC(C)C(NC(=O)C(CCCN=C(N)N)NC(=O)C(Cc1ccccc1)NC(=O)C(N)CO)C(=O)O. The number of hydrogen-bond donors (Lipinski definition) is 8. The van der Waals surface area contributed by atoms with Gasteiger partial charge in [-0.15, -0.1) is 0 Å². The number of nitrogens with one attached hydrogen (secondary N) is 3. The van der Waals surface area contributed by atoms with Crippen LogP contribution in [0.4, 0.5) is 0 Å². The van der Waals surface area contributed by atoms with E-state index in [9.17, 15) is 29.4 Å². The van der Waals surface area contributed by atoms with Gasteiger partial charge in [-0.1, -0.05) is 44.2 Å². The highest BCUT2D eigenvalue weighted by Crippen LogP contribution is 2.08. The molecule has 11 N–H and O–H groups in total. The molecule has 1 aromatic rings. The van der Waals surface area contributed by atoms with Gasteiger partial charge in [0.05, 0.1) is 6.61 Å². The fourth-order valence-corrected chi connectivity index (χ4v) is 3.23. The number of nitrogens with zero attached hydrogens (tertiary/aromatic N) is 1. The zero-order valence-corrected chi connectivity index (χ0v) is 20.5. The van der Waals surface area contributed by atoms with Gasteiger partial charge in [0.25, 0.3) is 0 Å². The molecule has 0 heterocycles. The van der Waals surface area contributed by atoms with E-state index in [1.54, 1.807) is 44.2 Å². The number of hydrogen-bond acceptors (Lipinski definition) is 7. The molecule has 13 heteroatoms. The molecule has 200 valence electrons. The maximum atomic E-state index is 13.2. The van der Waals surface area contributed by atoms with Crippen LogP contribution in [0.5, 0.6) is 0 Å². The van der Waals surface area contributed by atoms with E-state index in [1.807, 2.05) is 0 Å². The standard InChI is InChI=1S/C23H37N7O6/c1-13(2)18(22(35)36)30-20(33)16(9-6-10-27-23(25)26)28-21(34)17(29-19(32)15(24)12-31)11-14-7-4-3-5-8-14/h3-5,7-8,13,15-18,31H,6,9-12,24H2,1-2H3,(H,28,34)(H,29,32)(H,30,33)(H,35,36)(H4,25,26,27). The lowest BCUT2D eigenvalue weighted by molar-refractivity contribution is -0.143. The topological polar surface area (TPSA) is 235 Å². The fourth-order valence-electron chi connectivity index (χ4n) is 3.23. The Balaban J connectivity index is 3.12. The molecule has 1 aromatic carbocycles. The van der Waals surface area contributed by atoms with E-state index in [2.05, 4.69) is 20.9 Å². The van der Waals surface area contributed by atoms with Crippen molar-refractivity contribution in [2.24, 2.45) is 28.1 Å². The van der Waals surface area contributed by atoms with Crippen molar-refractivity contribution < 1.29 is 29.4 Å². The van der Waals surface area contributed by atoms with E-state index in [1.165, 1.54) is 0 Å². The Morgan fingerprint density at radius 1 is 0.944 bits per heavy atom. The van der Waals surface area contributed by atoms with Crippen LogP contribution in [-0.4, -0.2) is 77.2 Å². The third kappa shape index (κ3) is 10.7. The van der Waals surface area contributed by atoms with Crippen LogP contribution in [0.15, 0.2) is 35.3 Å². The van der Waals surface area contributed by atoms with Crippen LogP contribution in [0, 0.1) is 5.92 Å². The van der Waals surface area contributed by atoms with Gasteiger partial charge in [-0.25, -0.2) is 4.79 Å². The number of carboxylic acid groups (broad SMARTS) is 1. The molecule has 1 rings (SSSR count). The number of benzene rings is 1. The van der Waals surface area contributed by atoms with Gasteiger partial charge in [0.2, 0.25) is 17.7 Å². The van der Waals surface area contributed by atoms with Crippen LogP contribution >= 0.6 is 0 Å². The molecule has 0 aliphatic carbocycles. The van der Waals surface area contributed by atoms with Gasteiger partial charge in [0.15, 0.2) is 5.96 Å². The summed E-state index contributed by atoms with van der Waals surface area (Å²) in [5.41, 5.74) is 17.0. The monoisotopic (exact) mass is 507 g/mol. The molecule has 0 radical (unpaired) electrons. The Bertz CT molecular complexity index is 905. The second-order valence-corrected chi connectivity index (χ2v) is 8.62. The van der Waals surface area contributed by atoms with Crippen molar-refractivity contribution in [3.05, 3.63) is 35.9 Å². The zero-order chi connectivity index (χ0) is 27.3. The molecular formula is C23H37N7O6. The lowest BCUT2D eigenvalue weighted by atomic mass is 10.0. The Kier molecular flexibility index (Phi) is 12.9. The average molecular weight is 508 g/mol. The van der Waals surface area contributed by atoms with E-state index >= 15 is 0 Å². The minimum Gasteiger partial charge on any atom is -0.480 e. The summed E-state index contributed by atoms with van der Waals surface area (Å²) in [7, 11) is 0. The summed E-state index contributed by atoms with van der Waals surface area (Å²) in [6.45, 7) is 2.85. The number of aliphatic hydroxyl groups excluding tert-OH is 1. The van der Waals surface area contributed by atoms with Gasteiger partial charge in [0.1, 0.15) is 24.2 Å². The van der Waals surface area contributed by atoms with E-state index in [0.717, 1.165) is 5.56 Å². The number of guanidine groups is 1. The Morgan fingerprint density at radius 3 is 2.06 bits per heavy atom. The van der Waals surface area contributed by atoms with Gasteiger partial charge in [0, 0.05) is 13.0 Å². The minimum atomic E-state index is -1.24. The predicted octanol–water partition coefficient (Wildman–Crippen LogP) is -2.20. The van der Waals surface area contributed by atoms with Crippen molar-refractivity contribution in [2.75, 3.05) is 13.2 Å². The number of carbonyl (C=O) groups is 4. The van der Waals surface area contributed by atoms with Crippen LogP contribution in [0.25, 0.3) is 0 Å². The zero-order valence-electron chi connectivity index (χ0n) is 20.5. The molecule has 0 saturated heterocycles. The predicted molar refractivity (Wildman–Crippen MR) is 133 cm³/mol. The van der Waals surface area contributed by atoms with E-state index < -0.39 is 60.4 Å². The van der Waals surface area contributed by atoms with E-state index in [-0.39, 0.29) is 25.3 Å². The lowest BCUT2D eigenvalue weighted by Gasteiger charge is -2.26. The number of rotatable bonds is 15. The smallest absolute Gasteiger partial charge is 0.326 e. The highest BCUT2D eigenvalue weighted by molar-refractivity contribution is 5.94. The third-order valence-corrected chi connectivity index (χ3v) is 5.26. The van der Waals surface area contributed by atoms with Crippen LogP contribution in [0.3, 0.4) is 0 Å². The molecule has 3 amide bonds. The number of nitrogens with two attached hydrogens (primary N) is 3. The normalized spacial score (nSPS) is 14.1. The summed E-state index contributed by atoms with van der Waals surface area (Å²) in [6.07, 6.45) is 0.490. The summed E-state index contributed by atoms with van der Waals surface area (Å²) in [5, 5.41) is 26.2. The van der Waals surface area contributed by atoms with Gasteiger partial charge >= 0.3 is 5.97 Å². The fraction of sp³-hybridized carbons (Fsp3) is 0.522. The summed E-state index contributed by atoms with van der Waals surface area (Å²) < 4.78 is 0. The van der Waals surface area contributed by atoms with Crippen LogP contribution in [0.2, 0.25) is 0 Å². The molecule has 0 saturated carbocycles. The average Bonchev–Trinajstić information content (AvgIpc) is 2.83. The Morgan fingerprint density at radius 2 is 1.53 bits per heavy atom. The van der Waals surface area contributed by atoms with Gasteiger partial charge < -0.3 is 43.4 Å². The number of carbonyl (C=O) groups excluding carboxylic acids is 3. The summed E-state index contributed by atoms with van der Waals surface area (Å²) in [4.78, 5) is 53.9. The van der Waals surface area contributed by atoms with Crippen molar-refractivity contribution in [1.29, 1.82) is 0 Å². The van der Waals surface area contributed by atoms with Crippen molar-refractivity contribution in [2.45, 2.75) is 57.3 Å². The maximum Gasteiger partial charge on any atom is 0.326 e. The molecule has 0 spiro atoms. The molecule has 36 heavy (non-hydrogen) atoms. The van der Waals surface area contributed by atoms with Crippen molar-refractivity contribution in [3.63, 3.8) is 0 Å². The Hall–Kier alpha value is -3.71. The second-order valence-electron chi connectivity index (χ2n) is 8.62. The maximum absolute atomic E-state index is 13.2. The molecule has 0 bridgehead atoms. The van der Waals surface area contributed by atoms with Crippen LogP contribution in [0.1, 0.15) is 32.3 Å². The number of aliphatic hydroxyl groups is 1. The largest absolute Gasteiger partial charge is 0.480 e. The number of carboxylic acids is 1. The first-order chi connectivity index (χ1) is 17.0. The quantitative estimate of drug-likeness (QED) is 0.0729. The molecular weight excluding hydrogens is 470 g/mol. The number of aliphatic imine (C=N–C) groups is 1. The first-order valence-corrected chi connectivity index (χ1v) is 11.6. The van der Waals surface area contributed by atoms with E-state index in [0.29, 0.717) is 6.42 Å². The number of aliphatic carboxylic acids is 1. The summed E-state index contributed by atoms with van der Waals surface area (Å²) in [6, 6.07) is 4.19. The third-order valence-electron chi connectivity index (χ3n) is 5.26. The van der Waals surface area contributed by atoms with Gasteiger partial charge in [-0.05, 0) is 24.3 Å². The molecule has 0 fully saturated rings. The Labute approximate surface area is 209 Å². The highest BCUT2D eigenvalue weighted by atomic mass is 16.4. The molecule has 0 aliphatic heterocycles. The molecule has 0 aromatic heterocycles. The molecule has 13 nitrogen and oxygen atoms in total. The van der Waals surface area contributed by atoms with Crippen molar-refractivity contribution in [1.82, 2.24) is 16.0 Å². The van der Waals surface area contributed by atoms with Crippen molar-refractivity contribution in [3.8, 4) is 0 Å². The number of amides is 3. The lowest BCUT2D eigenvalue weighted by Crippen LogP contribution is -2.58. The first-order valence-electron chi connectivity index (χ1n) is 11.6. The second kappa shape index (κ2) is 15.3. The first kappa shape index (κ1) is 30.3.